The van der Waals surface area contributed by atoms with Gasteiger partial charge in [0.25, 0.3) is 10.0 Å². The van der Waals surface area contributed by atoms with Gasteiger partial charge in [-0.3, -0.25) is 13.9 Å². The fraction of sp³-hybridized carbons (Fsp3) is 0.278. The standard InChI is InChI=1S/C36H41N3O5S/c1-6-34(36(41)37-26(2)3)38(24-29-16-12-27(4)13-17-29)35(40)25-39(45(42,43)33-22-14-28(5)15-23-33)30-18-20-32(21-19-30)44-31-10-8-7-9-11-31/h7-23,26,34H,6,24-25H2,1-5H3,(H,37,41). The van der Waals surface area contributed by atoms with E-state index in [1.54, 1.807) is 36.4 Å². The lowest BCUT2D eigenvalue weighted by molar-refractivity contribution is -0.140. The molecule has 0 saturated carbocycles. The third-order valence-corrected chi connectivity index (χ3v) is 9.07. The van der Waals surface area contributed by atoms with Gasteiger partial charge in [0.2, 0.25) is 11.8 Å². The first-order chi connectivity index (χ1) is 21.5. The molecule has 4 aromatic rings. The van der Waals surface area contributed by atoms with Gasteiger partial charge in [-0.2, -0.15) is 0 Å². The van der Waals surface area contributed by atoms with E-state index in [1.807, 2.05) is 89.2 Å². The van der Waals surface area contributed by atoms with Crippen LogP contribution in [-0.2, 0) is 26.2 Å². The lowest BCUT2D eigenvalue weighted by Gasteiger charge is -2.33. The van der Waals surface area contributed by atoms with Gasteiger partial charge in [0.1, 0.15) is 24.1 Å². The van der Waals surface area contributed by atoms with Crippen LogP contribution in [-0.4, -0.2) is 43.8 Å². The molecule has 0 radical (unpaired) electrons. The summed E-state index contributed by atoms with van der Waals surface area (Å²) in [4.78, 5) is 29.1. The van der Waals surface area contributed by atoms with Gasteiger partial charge >= 0.3 is 0 Å². The topological polar surface area (TPSA) is 96.0 Å². The Balaban J connectivity index is 1.72. The summed E-state index contributed by atoms with van der Waals surface area (Å²) in [7, 11) is -4.18. The van der Waals surface area contributed by atoms with Crippen molar-refractivity contribution in [2.24, 2.45) is 0 Å². The Morgan fingerprint density at radius 2 is 1.33 bits per heavy atom. The van der Waals surface area contributed by atoms with Crippen LogP contribution in [0.5, 0.6) is 11.5 Å². The number of carbonyl (C=O) groups excluding carboxylic acids is 2. The minimum atomic E-state index is -4.18. The summed E-state index contributed by atoms with van der Waals surface area (Å²) in [5, 5.41) is 2.92. The molecule has 4 aromatic carbocycles. The highest BCUT2D eigenvalue weighted by Crippen LogP contribution is 2.29. The number of nitrogens with zero attached hydrogens (tertiary/aromatic N) is 2. The summed E-state index contributed by atoms with van der Waals surface area (Å²) in [5.41, 5.74) is 3.10. The largest absolute Gasteiger partial charge is 0.457 e. The Morgan fingerprint density at radius 1 is 0.778 bits per heavy atom. The van der Waals surface area contributed by atoms with Crippen LogP contribution in [0.2, 0.25) is 0 Å². The molecule has 8 nitrogen and oxygen atoms in total. The normalized spacial score (nSPS) is 12.0. The number of benzene rings is 4. The molecule has 0 spiro atoms. The Labute approximate surface area is 266 Å². The maximum absolute atomic E-state index is 14.2. The maximum atomic E-state index is 14.2. The van der Waals surface area contributed by atoms with Crippen LogP contribution in [0.1, 0.15) is 43.9 Å². The molecule has 2 amide bonds. The van der Waals surface area contributed by atoms with E-state index in [9.17, 15) is 18.0 Å². The van der Waals surface area contributed by atoms with Crippen molar-refractivity contribution in [2.45, 2.75) is 64.6 Å². The molecule has 0 aromatic heterocycles. The second-order valence-electron chi connectivity index (χ2n) is 11.3. The first kappa shape index (κ1) is 33.3. The quantitative estimate of drug-likeness (QED) is 0.180. The number of amides is 2. The van der Waals surface area contributed by atoms with Crippen LogP contribution in [0.15, 0.2) is 108 Å². The fourth-order valence-corrected chi connectivity index (χ4v) is 6.28. The first-order valence-electron chi connectivity index (χ1n) is 15.1. The average Bonchev–Trinajstić information content (AvgIpc) is 3.01. The Bertz CT molecular complexity index is 1670. The molecule has 45 heavy (non-hydrogen) atoms. The molecule has 236 valence electrons. The van der Waals surface area contributed by atoms with E-state index >= 15 is 0 Å². The molecule has 1 N–H and O–H groups in total. The highest BCUT2D eigenvalue weighted by molar-refractivity contribution is 7.92. The zero-order valence-corrected chi connectivity index (χ0v) is 27.3. The SMILES string of the molecule is CCC(C(=O)NC(C)C)N(Cc1ccc(C)cc1)C(=O)CN(c1ccc(Oc2ccccc2)cc1)S(=O)(=O)c1ccc(C)cc1. The number of carbonyl (C=O) groups is 2. The highest BCUT2D eigenvalue weighted by atomic mass is 32.2. The average molecular weight is 628 g/mol. The van der Waals surface area contributed by atoms with Crippen molar-refractivity contribution in [3.05, 3.63) is 120 Å². The van der Waals surface area contributed by atoms with Crippen LogP contribution in [0.25, 0.3) is 0 Å². The van der Waals surface area contributed by atoms with Gasteiger partial charge in [-0.05, 0) is 88.2 Å². The number of para-hydroxylation sites is 1. The molecule has 0 aliphatic carbocycles. The van der Waals surface area contributed by atoms with Crippen LogP contribution >= 0.6 is 0 Å². The van der Waals surface area contributed by atoms with Crippen molar-refractivity contribution in [2.75, 3.05) is 10.8 Å². The molecule has 0 aliphatic rings. The molecule has 1 atom stereocenters. The summed E-state index contributed by atoms with van der Waals surface area (Å²) in [6.07, 6.45) is 0.354. The minimum absolute atomic E-state index is 0.0557. The lowest BCUT2D eigenvalue weighted by Crippen LogP contribution is -2.53. The van der Waals surface area contributed by atoms with Gasteiger partial charge in [0.05, 0.1) is 10.6 Å². The van der Waals surface area contributed by atoms with Gasteiger partial charge in [-0.1, -0.05) is 72.6 Å². The summed E-state index contributed by atoms with van der Waals surface area (Å²) in [6.45, 7) is 9.04. The summed E-state index contributed by atoms with van der Waals surface area (Å²) in [5.74, 6) is 0.368. The number of rotatable bonds is 13. The van der Waals surface area contributed by atoms with Crippen molar-refractivity contribution < 1.29 is 22.7 Å². The number of ether oxygens (including phenoxy) is 1. The summed E-state index contributed by atoms with van der Waals surface area (Å²) < 4.78 is 35.3. The van der Waals surface area contributed by atoms with E-state index in [-0.39, 0.29) is 23.4 Å². The van der Waals surface area contributed by atoms with E-state index in [0.29, 0.717) is 23.6 Å². The molecule has 0 fully saturated rings. The zero-order valence-electron chi connectivity index (χ0n) is 26.4. The van der Waals surface area contributed by atoms with E-state index < -0.39 is 28.5 Å². The zero-order chi connectivity index (χ0) is 32.6. The molecular formula is C36H41N3O5S. The van der Waals surface area contributed by atoms with E-state index in [0.717, 1.165) is 21.0 Å². The van der Waals surface area contributed by atoms with Crippen molar-refractivity contribution in [1.29, 1.82) is 0 Å². The van der Waals surface area contributed by atoms with Crippen LogP contribution in [0, 0.1) is 13.8 Å². The summed E-state index contributed by atoms with van der Waals surface area (Å²) >= 11 is 0. The van der Waals surface area contributed by atoms with Gasteiger partial charge in [0.15, 0.2) is 0 Å². The predicted octanol–water partition coefficient (Wildman–Crippen LogP) is 6.62. The molecule has 1 unspecified atom stereocenters. The Kier molecular flexibility index (Phi) is 11.0. The first-order valence-corrected chi connectivity index (χ1v) is 16.5. The van der Waals surface area contributed by atoms with Crippen molar-refractivity contribution in [1.82, 2.24) is 10.2 Å². The number of hydrogen-bond donors (Lipinski definition) is 1. The van der Waals surface area contributed by atoms with Gasteiger partial charge < -0.3 is 15.0 Å². The number of anilines is 1. The van der Waals surface area contributed by atoms with Crippen LogP contribution in [0.3, 0.4) is 0 Å². The molecule has 0 saturated heterocycles. The predicted molar refractivity (Wildman–Crippen MR) is 178 cm³/mol. The smallest absolute Gasteiger partial charge is 0.264 e. The second kappa shape index (κ2) is 14.9. The fourth-order valence-electron chi connectivity index (χ4n) is 4.86. The monoisotopic (exact) mass is 627 g/mol. The van der Waals surface area contributed by atoms with Crippen molar-refractivity contribution >= 4 is 27.5 Å². The van der Waals surface area contributed by atoms with E-state index in [4.69, 9.17) is 4.74 Å². The third-order valence-electron chi connectivity index (χ3n) is 7.28. The Morgan fingerprint density at radius 3 is 1.89 bits per heavy atom. The van der Waals surface area contributed by atoms with Crippen LogP contribution in [0.4, 0.5) is 5.69 Å². The minimum Gasteiger partial charge on any atom is -0.457 e. The third kappa shape index (κ3) is 8.73. The van der Waals surface area contributed by atoms with E-state index in [2.05, 4.69) is 5.32 Å². The molecule has 0 bridgehead atoms. The van der Waals surface area contributed by atoms with Crippen LogP contribution < -0.4 is 14.4 Å². The maximum Gasteiger partial charge on any atom is 0.264 e. The van der Waals surface area contributed by atoms with E-state index in [1.165, 1.54) is 17.0 Å². The molecule has 0 aliphatic heterocycles. The molecular weight excluding hydrogens is 586 g/mol. The highest BCUT2D eigenvalue weighted by Gasteiger charge is 2.34. The van der Waals surface area contributed by atoms with Crippen molar-refractivity contribution in [3.63, 3.8) is 0 Å². The molecule has 4 rings (SSSR count). The van der Waals surface area contributed by atoms with Gasteiger partial charge in [-0.25, -0.2) is 8.42 Å². The lowest BCUT2D eigenvalue weighted by atomic mass is 10.1. The number of sulfonamides is 1. The van der Waals surface area contributed by atoms with Crippen molar-refractivity contribution in [3.8, 4) is 11.5 Å². The Hall–Kier alpha value is -4.63. The molecule has 9 heteroatoms. The molecule has 0 heterocycles. The summed E-state index contributed by atoms with van der Waals surface area (Å²) in [6, 6.07) is 29.1. The van der Waals surface area contributed by atoms with Gasteiger partial charge in [-0.15, -0.1) is 0 Å². The van der Waals surface area contributed by atoms with Gasteiger partial charge in [0, 0.05) is 12.6 Å². The number of hydrogen-bond acceptors (Lipinski definition) is 5. The number of aryl methyl sites for hydroxylation is 2. The number of nitrogens with one attached hydrogen (secondary N) is 1. The second-order valence-corrected chi connectivity index (χ2v) is 13.2.